The van der Waals surface area contributed by atoms with Gasteiger partial charge in [-0.25, -0.2) is 13.1 Å². The summed E-state index contributed by atoms with van der Waals surface area (Å²) in [5, 5.41) is 2.68. The maximum absolute atomic E-state index is 11.6. The Bertz CT molecular complexity index is 335. The minimum Gasteiger partial charge on any atom is -0.350 e. The van der Waals surface area contributed by atoms with Crippen molar-refractivity contribution in [2.75, 3.05) is 11.6 Å². The fraction of sp³-hybridized carbons (Fsp3) is 0.889. The molecule has 0 aromatic carbocycles. The molecule has 16 heavy (non-hydrogen) atoms. The average molecular weight is 271 g/mol. The molecular formula is C9H19ClN2O3S. The summed E-state index contributed by atoms with van der Waals surface area (Å²) in [6.07, 6.45) is 0. The number of amides is 1. The van der Waals surface area contributed by atoms with Gasteiger partial charge in [0.25, 0.3) is 0 Å². The van der Waals surface area contributed by atoms with E-state index in [1.807, 2.05) is 20.8 Å². The molecule has 5 nitrogen and oxygen atoms in total. The van der Waals surface area contributed by atoms with Crippen LogP contribution in [0.3, 0.4) is 0 Å². The molecule has 2 N–H and O–H groups in total. The highest BCUT2D eigenvalue weighted by atomic mass is 35.5. The molecule has 0 aromatic heterocycles. The van der Waals surface area contributed by atoms with Crippen molar-refractivity contribution in [3.63, 3.8) is 0 Å². The molecule has 0 radical (unpaired) electrons. The van der Waals surface area contributed by atoms with Gasteiger partial charge in [-0.15, -0.1) is 11.6 Å². The van der Waals surface area contributed by atoms with Crippen LogP contribution in [0.15, 0.2) is 0 Å². The molecule has 0 bridgehead atoms. The SMILES string of the molecule is CC(NS(=O)(=O)CCCl)C(=O)NC(C)(C)C. The number of rotatable bonds is 5. The molecular weight excluding hydrogens is 252 g/mol. The fourth-order valence-electron chi connectivity index (χ4n) is 0.961. The van der Waals surface area contributed by atoms with Crippen molar-refractivity contribution in [3.05, 3.63) is 0 Å². The zero-order valence-corrected chi connectivity index (χ0v) is 11.6. The first kappa shape index (κ1) is 15.7. The summed E-state index contributed by atoms with van der Waals surface area (Å²) in [7, 11) is -3.47. The molecule has 0 fully saturated rings. The summed E-state index contributed by atoms with van der Waals surface area (Å²) >= 11 is 5.34. The van der Waals surface area contributed by atoms with Crippen LogP contribution in [0.5, 0.6) is 0 Å². The Morgan fingerprint density at radius 1 is 1.38 bits per heavy atom. The molecule has 1 unspecified atom stereocenters. The summed E-state index contributed by atoms with van der Waals surface area (Å²) < 4.78 is 24.9. The third-order valence-electron chi connectivity index (χ3n) is 1.59. The lowest BCUT2D eigenvalue weighted by Crippen LogP contribution is -2.51. The maximum Gasteiger partial charge on any atom is 0.238 e. The highest BCUT2D eigenvalue weighted by Gasteiger charge is 2.22. The average Bonchev–Trinajstić information content (AvgIpc) is 1.99. The van der Waals surface area contributed by atoms with Crippen molar-refractivity contribution in [2.45, 2.75) is 39.3 Å². The van der Waals surface area contributed by atoms with E-state index in [0.717, 1.165) is 0 Å². The standard InChI is InChI=1S/C9H19ClN2O3S/c1-7(8(13)11-9(2,3)4)12-16(14,15)6-5-10/h7,12H,5-6H2,1-4H3,(H,11,13). The number of alkyl halides is 1. The van der Waals surface area contributed by atoms with E-state index in [1.165, 1.54) is 6.92 Å². The predicted molar refractivity (Wildman–Crippen MR) is 65.0 cm³/mol. The molecule has 1 atom stereocenters. The van der Waals surface area contributed by atoms with Crippen molar-refractivity contribution >= 4 is 27.5 Å². The topological polar surface area (TPSA) is 75.3 Å². The summed E-state index contributed by atoms with van der Waals surface area (Å²) in [4.78, 5) is 11.6. The molecule has 0 saturated heterocycles. The second-order valence-corrected chi connectivity index (χ2v) is 6.84. The summed E-state index contributed by atoms with van der Waals surface area (Å²) in [5.41, 5.74) is -0.386. The van der Waals surface area contributed by atoms with Crippen molar-refractivity contribution < 1.29 is 13.2 Å². The van der Waals surface area contributed by atoms with Gasteiger partial charge in [0.15, 0.2) is 0 Å². The van der Waals surface area contributed by atoms with Crippen LogP contribution in [0.25, 0.3) is 0 Å². The van der Waals surface area contributed by atoms with Gasteiger partial charge in [-0.1, -0.05) is 0 Å². The van der Waals surface area contributed by atoms with Crippen LogP contribution in [-0.4, -0.2) is 37.5 Å². The largest absolute Gasteiger partial charge is 0.350 e. The normalized spacial score (nSPS) is 14.6. The minimum absolute atomic E-state index is 0.00292. The van der Waals surface area contributed by atoms with E-state index in [9.17, 15) is 13.2 Å². The van der Waals surface area contributed by atoms with E-state index in [4.69, 9.17) is 11.6 Å². The van der Waals surface area contributed by atoms with E-state index in [2.05, 4.69) is 10.0 Å². The lowest BCUT2D eigenvalue weighted by molar-refractivity contribution is -0.123. The first-order valence-electron chi connectivity index (χ1n) is 4.95. The Kier molecular flexibility index (Phi) is 5.72. The lowest BCUT2D eigenvalue weighted by Gasteiger charge is -2.23. The van der Waals surface area contributed by atoms with E-state index >= 15 is 0 Å². The summed E-state index contributed by atoms with van der Waals surface area (Å²) in [6, 6.07) is -0.799. The third-order valence-corrected chi connectivity index (χ3v) is 3.46. The number of nitrogens with one attached hydrogen (secondary N) is 2. The molecule has 0 aliphatic heterocycles. The zero-order valence-electron chi connectivity index (χ0n) is 10.0. The molecule has 0 rings (SSSR count). The number of hydrogen-bond donors (Lipinski definition) is 2. The van der Waals surface area contributed by atoms with Gasteiger partial charge < -0.3 is 5.32 Å². The molecule has 1 amide bonds. The molecule has 96 valence electrons. The number of hydrogen-bond acceptors (Lipinski definition) is 3. The second kappa shape index (κ2) is 5.84. The monoisotopic (exact) mass is 270 g/mol. The molecule has 7 heteroatoms. The predicted octanol–water partition coefficient (Wildman–Crippen LogP) is 0.448. The van der Waals surface area contributed by atoms with Gasteiger partial charge in [0.05, 0.1) is 11.8 Å². The van der Waals surface area contributed by atoms with E-state index < -0.39 is 16.1 Å². The quantitative estimate of drug-likeness (QED) is 0.712. The Morgan fingerprint density at radius 3 is 2.25 bits per heavy atom. The van der Waals surface area contributed by atoms with Gasteiger partial charge in [-0.3, -0.25) is 4.79 Å². The van der Waals surface area contributed by atoms with Crippen LogP contribution in [0.1, 0.15) is 27.7 Å². The maximum atomic E-state index is 11.6. The molecule has 0 saturated carbocycles. The Morgan fingerprint density at radius 2 is 1.88 bits per heavy atom. The van der Waals surface area contributed by atoms with Crippen LogP contribution >= 0.6 is 11.6 Å². The number of carbonyl (C=O) groups is 1. The fourth-order valence-corrected chi connectivity index (χ4v) is 2.54. The molecule has 0 aliphatic carbocycles. The van der Waals surface area contributed by atoms with Crippen molar-refractivity contribution in [3.8, 4) is 0 Å². The van der Waals surface area contributed by atoms with Gasteiger partial charge in [-0.2, -0.15) is 0 Å². The number of sulfonamides is 1. The van der Waals surface area contributed by atoms with Crippen LogP contribution in [-0.2, 0) is 14.8 Å². The lowest BCUT2D eigenvalue weighted by atomic mass is 10.1. The molecule has 0 spiro atoms. The Hall–Kier alpha value is -0.330. The number of carbonyl (C=O) groups excluding carboxylic acids is 1. The van der Waals surface area contributed by atoms with Gasteiger partial charge in [0.2, 0.25) is 15.9 Å². The first-order chi connectivity index (χ1) is 7.07. The van der Waals surface area contributed by atoms with Gasteiger partial charge >= 0.3 is 0 Å². The van der Waals surface area contributed by atoms with Gasteiger partial charge in [0, 0.05) is 11.4 Å². The Labute approximate surface area is 102 Å². The zero-order chi connectivity index (χ0) is 13.0. The van der Waals surface area contributed by atoms with Crippen LogP contribution < -0.4 is 10.0 Å². The van der Waals surface area contributed by atoms with Crippen molar-refractivity contribution in [2.24, 2.45) is 0 Å². The molecule has 0 heterocycles. The highest BCUT2D eigenvalue weighted by Crippen LogP contribution is 2.00. The highest BCUT2D eigenvalue weighted by molar-refractivity contribution is 7.89. The second-order valence-electron chi connectivity index (χ2n) is 4.59. The summed E-state index contributed by atoms with van der Waals surface area (Å²) in [5.74, 6) is -0.546. The van der Waals surface area contributed by atoms with Crippen molar-refractivity contribution in [1.82, 2.24) is 10.0 Å². The van der Waals surface area contributed by atoms with Gasteiger partial charge in [0.1, 0.15) is 0 Å². The summed E-state index contributed by atoms with van der Waals surface area (Å²) in [6.45, 7) is 6.97. The Balaban J connectivity index is 4.37. The van der Waals surface area contributed by atoms with E-state index in [1.54, 1.807) is 0 Å². The smallest absolute Gasteiger partial charge is 0.238 e. The van der Waals surface area contributed by atoms with E-state index in [0.29, 0.717) is 0 Å². The minimum atomic E-state index is -3.47. The van der Waals surface area contributed by atoms with Crippen molar-refractivity contribution in [1.29, 1.82) is 0 Å². The first-order valence-corrected chi connectivity index (χ1v) is 7.14. The van der Waals surface area contributed by atoms with E-state index in [-0.39, 0.29) is 23.1 Å². The van der Waals surface area contributed by atoms with Crippen LogP contribution in [0, 0.1) is 0 Å². The number of halogens is 1. The van der Waals surface area contributed by atoms with Crippen LogP contribution in [0.4, 0.5) is 0 Å². The third kappa shape index (κ3) is 7.03. The molecule has 0 aliphatic rings. The van der Waals surface area contributed by atoms with Crippen LogP contribution in [0.2, 0.25) is 0 Å². The molecule has 0 aromatic rings. The van der Waals surface area contributed by atoms with Gasteiger partial charge in [-0.05, 0) is 27.7 Å².